The van der Waals surface area contributed by atoms with Crippen molar-refractivity contribution < 1.29 is 18.0 Å². The van der Waals surface area contributed by atoms with Crippen molar-refractivity contribution in [2.45, 2.75) is 19.8 Å². The van der Waals surface area contributed by atoms with Crippen LogP contribution in [-0.4, -0.2) is 24.1 Å². The molecule has 0 atom stereocenters. The Labute approximate surface area is 191 Å². The van der Waals surface area contributed by atoms with Crippen LogP contribution in [0.2, 0.25) is 5.02 Å². The molecule has 0 fully saturated rings. The number of hydrogen-bond acceptors (Lipinski definition) is 4. The van der Waals surface area contributed by atoms with Gasteiger partial charge in [-0.2, -0.15) is 0 Å². The Balaban J connectivity index is 1.81. The largest absolute Gasteiger partial charge is 0.370 e. The van der Waals surface area contributed by atoms with E-state index in [4.69, 9.17) is 11.6 Å². The number of aromatic amines is 1. The standard InChI is InChI=1S/C23H18ClF3N4O2/c1-11-7-19-21(29-22(11)32)28-6-2-3-12-17(5-4-15(25)20(12)27)30-10-31(19)23(33)13-8-14(24)16(26)9-18(13)30/h4-5,7-9H,2-3,6,10H2,1H3,(H2,28,29,32). The molecule has 10 heteroatoms. The Bertz CT molecular complexity index is 1370. The number of nitrogens with zero attached hydrogens (tertiary/aromatic N) is 2. The molecular formula is C23H18ClF3N4O2. The third-order valence-electron chi connectivity index (χ3n) is 5.95. The van der Waals surface area contributed by atoms with Gasteiger partial charge in [-0.15, -0.1) is 0 Å². The van der Waals surface area contributed by atoms with Crippen LogP contribution in [0.3, 0.4) is 0 Å². The minimum absolute atomic E-state index is 0.0948. The Morgan fingerprint density at radius 3 is 2.55 bits per heavy atom. The van der Waals surface area contributed by atoms with Crippen LogP contribution in [0.15, 0.2) is 35.1 Å². The molecule has 0 unspecified atom stereocenters. The molecule has 2 aliphatic heterocycles. The van der Waals surface area contributed by atoms with Crippen LogP contribution >= 0.6 is 11.6 Å². The zero-order valence-electron chi connectivity index (χ0n) is 17.4. The van der Waals surface area contributed by atoms with Crippen LogP contribution in [0.25, 0.3) is 0 Å². The number of benzene rings is 2. The number of amides is 1. The lowest BCUT2D eigenvalue weighted by Crippen LogP contribution is -2.46. The summed E-state index contributed by atoms with van der Waals surface area (Å²) in [6.07, 6.45) is 0.583. The number of carbonyl (C=O) groups is 1. The highest BCUT2D eigenvalue weighted by Gasteiger charge is 2.35. The first kappa shape index (κ1) is 21.4. The first-order chi connectivity index (χ1) is 15.8. The van der Waals surface area contributed by atoms with Gasteiger partial charge in [0.2, 0.25) is 0 Å². The van der Waals surface area contributed by atoms with Crippen LogP contribution in [0, 0.1) is 24.4 Å². The molecule has 3 heterocycles. The van der Waals surface area contributed by atoms with E-state index in [9.17, 15) is 22.8 Å². The van der Waals surface area contributed by atoms with E-state index in [-0.39, 0.29) is 40.5 Å². The molecule has 2 aliphatic rings. The second-order valence-corrected chi connectivity index (χ2v) is 8.42. The molecule has 0 radical (unpaired) electrons. The second kappa shape index (κ2) is 7.84. The van der Waals surface area contributed by atoms with Gasteiger partial charge < -0.3 is 15.2 Å². The minimum atomic E-state index is -0.993. The first-order valence-electron chi connectivity index (χ1n) is 10.3. The van der Waals surface area contributed by atoms with Crippen molar-refractivity contribution in [2.75, 3.05) is 28.3 Å². The van der Waals surface area contributed by atoms with E-state index in [1.54, 1.807) is 17.9 Å². The maximum Gasteiger partial charge on any atom is 0.262 e. The van der Waals surface area contributed by atoms with E-state index in [2.05, 4.69) is 10.3 Å². The Morgan fingerprint density at radius 1 is 0.970 bits per heavy atom. The van der Waals surface area contributed by atoms with Crippen molar-refractivity contribution in [1.82, 2.24) is 4.98 Å². The summed E-state index contributed by atoms with van der Waals surface area (Å²) in [4.78, 5) is 31.4. The van der Waals surface area contributed by atoms with Gasteiger partial charge in [0.1, 0.15) is 18.3 Å². The van der Waals surface area contributed by atoms with Gasteiger partial charge in [-0.25, -0.2) is 13.2 Å². The number of anilines is 4. The van der Waals surface area contributed by atoms with E-state index in [0.29, 0.717) is 35.7 Å². The summed E-state index contributed by atoms with van der Waals surface area (Å²) in [5.41, 5.74) is 1.19. The number of aromatic nitrogens is 1. The Kier molecular flexibility index (Phi) is 5.08. The summed E-state index contributed by atoms with van der Waals surface area (Å²) >= 11 is 5.98. The van der Waals surface area contributed by atoms with E-state index >= 15 is 0 Å². The number of aryl methyl sites for hydroxylation is 1. The van der Waals surface area contributed by atoms with Gasteiger partial charge in [-0.3, -0.25) is 14.5 Å². The molecule has 3 aromatic rings. The molecule has 2 aromatic carbocycles. The molecule has 6 nitrogen and oxygen atoms in total. The van der Waals surface area contributed by atoms with Crippen LogP contribution in [0.4, 0.5) is 36.1 Å². The van der Waals surface area contributed by atoms with Gasteiger partial charge in [-0.1, -0.05) is 11.6 Å². The lowest BCUT2D eigenvalue weighted by atomic mass is 10.0. The third kappa shape index (κ3) is 3.43. The highest BCUT2D eigenvalue weighted by atomic mass is 35.5. The number of halogens is 4. The fourth-order valence-corrected chi connectivity index (χ4v) is 4.43. The average molecular weight is 475 g/mol. The summed E-state index contributed by atoms with van der Waals surface area (Å²) in [7, 11) is 0. The molecule has 2 bridgehead atoms. The Hall–Kier alpha value is -3.46. The van der Waals surface area contributed by atoms with Crippen LogP contribution in [0.5, 0.6) is 0 Å². The fraction of sp³-hybridized carbons (Fsp3) is 0.217. The summed E-state index contributed by atoms with van der Waals surface area (Å²) in [5.74, 6) is -2.87. The monoisotopic (exact) mass is 474 g/mol. The van der Waals surface area contributed by atoms with E-state index in [1.165, 1.54) is 17.0 Å². The molecule has 33 heavy (non-hydrogen) atoms. The molecule has 0 spiro atoms. The predicted octanol–water partition coefficient (Wildman–Crippen LogP) is 4.87. The normalized spacial score (nSPS) is 15.2. The zero-order valence-corrected chi connectivity index (χ0v) is 18.2. The van der Waals surface area contributed by atoms with Crippen LogP contribution in [0.1, 0.15) is 27.9 Å². The predicted molar refractivity (Wildman–Crippen MR) is 120 cm³/mol. The summed E-state index contributed by atoms with van der Waals surface area (Å²) in [5, 5.41) is 2.85. The van der Waals surface area contributed by atoms with Crippen LogP contribution < -0.4 is 20.7 Å². The lowest BCUT2D eigenvalue weighted by Gasteiger charge is -2.39. The summed E-state index contributed by atoms with van der Waals surface area (Å²) in [6, 6.07) is 6.35. The molecule has 0 saturated heterocycles. The second-order valence-electron chi connectivity index (χ2n) is 8.02. The number of hydrogen-bond donors (Lipinski definition) is 2. The number of carbonyl (C=O) groups excluding carboxylic acids is 1. The SMILES string of the molecule is Cc1cc2c([nH]c1=O)NCCCc1c(ccc(F)c1F)N1CN2C(=O)c2cc(Cl)c(F)cc21. The van der Waals surface area contributed by atoms with E-state index in [1.807, 2.05) is 0 Å². The number of nitrogens with one attached hydrogen (secondary N) is 2. The van der Waals surface area contributed by atoms with Gasteiger partial charge in [0.05, 0.1) is 22.0 Å². The average Bonchev–Trinajstić information content (AvgIpc) is 2.80. The lowest BCUT2D eigenvalue weighted by molar-refractivity contribution is 0.0983. The minimum Gasteiger partial charge on any atom is -0.370 e. The van der Waals surface area contributed by atoms with Gasteiger partial charge in [-0.05, 0) is 50.1 Å². The topological polar surface area (TPSA) is 68.4 Å². The fourth-order valence-electron chi connectivity index (χ4n) is 4.27. The molecular weight excluding hydrogens is 457 g/mol. The molecule has 1 amide bonds. The van der Waals surface area contributed by atoms with Gasteiger partial charge in [0.25, 0.3) is 11.5 Å². The Morgan fingerprint density at radius 2 is 1.76 bits per heavy atom. The van der Waals surface area contributed by atoms with E-state index in [0.717, 1.165) is 12.1 Å². The van der Waals surface area contributed by atoms with Gasteiger partial charge >= 0.3 is 0 Å². The summed E-state index contributed by atoms with van der Waals surface area (Å²) < 4.78 is 43.4. The zero-order chi connectivity index (χ0) is 23.4. The molecule has 1 aromatic heterocycles. The highest BCUT2D eigenvalue weighted by Crippen LogP contribution is 2.41. The number of rotatable bonds is 0. The highest BCUT2D eigenvalue weighted by molar-refractivity contribution is 6.31. The summed E-state index contributed by atoms with van der Waals surface area (Å²) in [6.45, 7) is 1.83. The molecule has 5 rings (SSSR count). The molecule has 0 saturated carbocycles. The first-order valence-corrected chi connectivity index (χ1v) is 10.7. The number of pyridine rings is 1. The van der Waals surface area contributed by atoms with E-state index < -0.39 is 23.4 Å². The van der Waals surface area contributed by atoms with Gasteiger partial charge in [0.15, 0.2) is 11.6 Å². The maximum absolute atomic E-state index is 14.9. The molecule has 2 N–H and O–H groups in total. The quantitative estimate of drug-likeness (QED) is 0.488. The van der Waals surface area contributed by atoms with Gasteiger partial charge in [0, 0.05) is 23.4 Å². The van der Waals surface area contributed by atoms with Crippen molar-refractivity contribution in [3.05, 3.63) is 79.9 Å². The van der Waals surface area contributed by atoms with Crippen LogP contribution in [-0.2, 0) is 6.42 Å². The molecule has 170 valence electrons. The maximum atomic E-state index is 14.9. The smallest absolute Gasteiger partial charge is 0.262 e. The third-order valence-corrected chi connectivity index (χ3v) is 6.24. The van der Waals surface area contributed by atoms with Crippen molar-refractivity contribution in [1.29, 1.82) is 0 Å². The number of H-pyrrole nitrogens is 1. The number of fused-ring (bicyclic) bond motifs is 8. The van der Waals surface area contributed by atoms with Crippen molar-refractivity contribution >= 4 is 40.4 Å². The van der Waals surface area contributed by atoms with Crippen molar-refractivity contribution in [3.63, 3.8) is 0 Å². The van der Waals surface area contributed by atoms with Crippen molar-refractivity contribution in [3.8, 4) is 0 Å². The van der Waals surface area contributed by atoms with Crippen molar-refractivity contribution in [2.24, 2.45) is 0 Å². The molecule has 0 aliphatic carbocycles.